The maximum absolute atomic E-state index is 11.1. The van der Waals surface area contributed by atoms with Crippen molar-refractivity contribution < 1.29 is 14.6 Å². The molecule has 0 saturated carbocycles. The molecular weight excluding hydrogens is 258 g/mol. The molecule has 1 aromatic carbocycles. The molecule has 0 fully saturated rings. The molecule has 0 aliphatic carbocycles. The maximum atomic E-state index is 11.1. The minimum atomic E-state index is -1.06. The maximum Gasteiger partial charge on any atom is 0.358 e. The van der Waals surface area contributed by atoms with Crippen LogP contribution in [0.3, 0.4) is 0 Å². The van der Waals surface area contributed by atoms with Gasteiger partial charge < -0.3 is 9.84 Å². The summed E-state index contributed by atoms with van der Waals surface area (Å²) < 4.78 is 7.21. The van der Waals surface area contributed by atoms with E-state index in [1.165, 1.54) is 0 Å². The van der Waals surface area contributed by atoms with Crippen LogP contribution in [0.1, 0.15) is 36.1 Å². The summed E-state index contributed by atoms with van der Waals surface area (Å²) in [7, 11) is 0. The van der Waals surface area contributed by atoms with Crippen molar-refractivity contribution in [3.8, 4) is 5.75 Å². The number of benzene rings is 1. The summed E-state index contributed by atoms with van der Waals surface area (Å²) in [6, 6.07) is 9.46. The molecule has 0 aliphatic heterocycles. The first-order valence-corrected chi connectivity index (χ1v) is 6.44. The van der Waals surface area contributed by atoms with Gasteiger partial charge in [-0.25, -0.2) is 9.48 Å². The highest BCUT2D eigenvalue weighted by Gasteiger charge is 2.20. The Morgan fingerprint density at radius 1 is 1.35 bits per heavy atom. The first kappa shape index (κ1) is 14.0. The number of aromatic carboxylic acids is 1. The summed E-state index contributed by atoms with van der Waals surface area (Å²) in [6.07, 6.45) is 0.446. The van der Waals surface area contributed by atoms with Gasteiger partial charge in [0.05, 0.1) is 12.3 Å². The average molecular weight is 275 g/mol. The minimum Gasteiger partial charge on any atom is -0.493 e. The zero-order chi connectivity index (χ0) is 14.5. The molecule has 1 aromatic heterocycles. The van der Waals surface area contributed by atoms with Crippen LogP contribution in [0.15, 0.2) is 30.3 Å². The number of nitrogens with zero attached hydrogens (tertiary/aromatic N) is 3. The third kappa shape index (κ3) is 3.14. The Morgan fingerprint density at radius 3 is 2.65 bits per heavy atom. The second kappa shape index (κ2) is 6.18. The zero-order valence-electron chi connectivity index (χ0n) is 11.5. The number of carboxylic acids is 1. The number of ether oxygens (including phenoxy) is 1. The van der Waals surface area contributed by atoms with Gasteiger partial charge in [0.2, 0.25) is 0 Å². The summed E-state index contributed by atoms with van der Waals surface area (Å²) in [5.74, 6) is -0.306. The number of aromatic nitrogens is 3. The van der Waals surface area contributed by atoms with Crippen LogP contribution >= 0.6 is 0 Å². The van der Waals surface area contributed by atoms with E-state index in [1.807, 2.05) is 44.2 Å². The first-order chi connectivity index (χ1) is 9.59. The predicted molar refractivity (Wildman–Crippen MR) is 73.0 cm³/mol. The van der Waals surface area contributed by atoms with Crippen molar-refractivity contribution in [1.82, 2.24) is 15.0 Å². The van der Waals surface area contributed by atoms with Gasteiger partial charge in [0.25, 0.3) is 0 Å². The van der Waals surface area contributed by atoms with Crippen LogP contribution in [0.25, 0.3) is 0 Å². The zero-order valence-corrected chi connectivity index (χ0v) is 11.5. The second-order valence-electron chi connectivity index (χ2n) is 4.64. The number of carboxylic acid groups (broad SMARTS) is 1. The highest BCUT2D eigenvalue weighted by atomic mass is 16.5. The first-order valence-electron chi connectivity index (χ1n) is 6.44. The highest BCUT2D eigenvalue weighted by molar-refractivity contribution is 5.86. The largest absolute Gasteiger partial charge is 0.493 e. The fraction of sp³-hybridized carbons (Fsp3) is 0.357. The molecule has 2 rings (SSSR count). The molecular formula is C14H17N3O3. The summed E-state index contributed by atoms with van der Waals surface area (Å²) in [4.78, 5) is 11.1. The topological polar surface area (TPSA) is 77.2 Å². The molecule has 106 valence electrons. The van der Waals surface area contributed by atoms with Gasteiger partial charge in [0, 0.05) is 12.5 Å². The van der Waals surface area contributed by atoms with Crippen molar-refractivity contribution in [2.45, 2.75) is 26.3 Å². The van der Waals surface area contributed by atoms with Gasteiger partial charge >= 0.3 is 5.97 Å². The van der Waals surface area contributed by atoms with E-state index in [0.717, 1.165) is 5.75 Å². The van der Waals surface area contributed by atoms with E-state index in [2.05, 4.69) is 10.3 Å². The number of hydrogen-bond acceptors (Lipinski definition) is 4. The van der Waals surface area contributed by atoms with Crippen LogP contribution < -0.4 is 4.74 Å². The standard InChI is InChI=1S/C14H17N3O3/c1-10(2)17-12(13(14(18)19)15-16-17)8-9-20-11-6-4-3-5-7-11/h3-7,10H,8-9H2,1-2H3,(H,18,19). The van der Waals surface area contributed by atoms with Gasteiger partial charge in [0.1, 0.15) is 5.75 Å². The van der Waals surface area contributed by atoms with E-state index in [9.17, 15) is 4.79 Å². The molecule has 6 nitrogen and oxygen atoms in total. The van der Waals surface area contributed by atoms with Crippen LogP contribution in [0.2, 0.25) is 0 Å². The van der Waals surface area contributed by atoms with Crippen molar-refractivity contribution in [3.63, 3.8) is 0 Å². The van der Waals surface area contributed by atoms with Gasteiger partial charge in [-0.15, -0.1) is 5.10 Å². The van der Waals surface area contributed by atoms with Gasteiger partial charge in [0.15, 0.2) is 5.69 Å². The Hall–Kier alpha value is -2.37. The quantitative estimate of drug-likeness (QED) is 0.874. The monoisotopic (exact) mass is 275 g/mol. The van der Waals surface area contributed by atoms with Gasteiger partial charge in [-0.05, 0) is 26.0 Å². The number of para-hydroxylation sites is 1. The Balaban J connectivity index is 2.08. The SMILES string of the molecule is CC(C)n1nnc(C(=O)O)c1CCOc1ccccc1. The molecule has 6 heteroatoms. The summed E-state index contributed by atoms with van der Waals surface area (Å²) in [6.45, 7) is 4.24. The average Bonchev–Trinajstić information content (AvgIpc) is 2.84. The fourth-order valence-electron chi connectivity index (χ4n) is 1.91. The van der Waals surface area contributed by atoms with Crippen molar-refractivity contribution in [1.29, 1.82) is 0 Å². The molecule has 0 saturated heterocycles. The lowest BCUT2D eigenvalue weighted by Crippen LogP contribution is -2.13. The third-order valence-corrected chi connectivity index (χ3v) is 2.83. The van der Waals surface area contributed by atoms with Gasteiger partial charge in [-0.3, -0.25) is 0 Å². The third-order valence-electron chi connectivity index (χ3n) is 2.83. The van der Waals surface area contributed by atoms with Crippen molar-refractivity contribution in [3.05, 3.63) is 41.7 Å². The fourth-order valence-corrected chi connectivity index (χ4v) is 1.91. The highest BCUT2D eigenvalue weighted by Crippen LogP contribution is 2.14. The molecule has 1 heterocycles. The van der Waals surface area contributed by atoms with Crippen LogP contribution in [-0.2, 0) is 6.42 Å². The van der Waals surface area contributed by atoms with Crippen molar-refractivity contribution in [2.24, 2.45) is 0 Å². The summed E-state index contributed by atoms with van der Waals surface area (Å²) >= 11 is 0. The molecule has 2 aromatic rings. The van der Waals surface area contributed by atoms with Crippen LogP contribution in [0.5, 0.6) is 5.75 Å². The van der Waals surface area contributed by atoms with Gasteiger partial charge in [-0.2, -0.15) is 0 Å². The second-order valence-corrected chi connectivity index (χ2v) is 4.64. The van der Waals surface area contributed by atoms with Gasteiger partial charge in [-0.1, -0.05) is 23.4 Å². The molecule has 0 unspecified atom stereocenters. The summed E-state index contributed by atoms with van der Waals surface area (Å²) in [5, 5.41) is 16.7. The molecule has 0 amide bonds. The lowest BCUT2D eigenvalue weighted by molar-refractivity contribution is 0.0689. The van der Waals surface area contributed by atoms with Crippen molar-refractivity contribution in [2.75, 3.05) is 6.61 Å². The van der Waals surface area contributed by atoms with Crippen LogP contribution in [0, 0.1) is 0 Å². The Bertz CT molecular complexity index is 579. The number of hydrogen-bond donors (Lipinski definition) is 1. The van der Waals surface area contributed by atoms with Crippen LogP contribution in [0.4, 0.5) is 0 Å². The molecule has 0 bridgehead atoms. The van der Waals surface area contributed by atoms with Crippen molar-refractivity contribution >= 4 is 5.97 Å². The minimum absolute atomic E-state index is 0.00429. The van der Waals surface area contributed by atoms with E-state index in [1.54, 1.807) is 4.68 Å². The molecule has 0 spiro atoms. The molecule has 0 radical (unpaired) electrons. The number of carbonyl (C=O) groups is 1. The normalized spacial score (nSPS) is 10.8. The van der Waals surface area contributed by atoms with E-state index in [0.29, 0.717) is 18.7 Å². The van der Waals surface area contributed by atoms with E-state index in [4.69, 9.17) is 9.84 Å². The van der Waals surface area contributed by atoms with E-state index in [-0.39, 0.29) is 11.7 Å². The lowest BCUT2D eigenvalue weighted by Gasteiger charge is -2.11. The lowest BCUT2D eigenvalue weighted by atomic mass is 10.2. The predicted octanol–water partition coefficient (Wildman–Crippen LogP) is 2.18. The number of rotatable bonds is 6. The Morgan fingerprint density at radius 2 is 2.05 bits per heavy atom. The van der Waals surface area contributed by atoms with E-state index >= 15 is 0 Å². The van der Waals surface area contributed by atoms with Crippen LogP contribution in [-0.4, -0.2) is 32.7 Å². The Kier molecular flexibility index (Phi) is 4.34. The smallest absolute Gasteiger partial charge is 0.358 e. The molecule has 0 aliphatic rings. The molecule has 0 atom stereocenters. The molecule has 20 heavy (non-hydrogen) atoms. The van der Waals surface area contributed by atoms with E-state index < -0.39 is 5.97 Å². The summed E-state index contributed by atoms with van der Waals surface area (Å²) in [5.41, 5.74) is 0.582. The Labute approximate surface area is 117 Å². The molecule has 1 N–H and O–H groups in total.